The van der Waals surface area contributed by atoms with Gasteiger partial charge in [0, 0.05) is 36.6 Å². The van der Waals surface area contributed by atoms with Crippen LogP contribution in [-0.2, 0) is 9.53 Å². The average Bonchev–Trinajstić information content (AvgIpc) is 3.13. The van der Waals surface area contributed by atoms with Gasteiger partial charge >= 0.3 is 5.97 Å². The molecule has 4 N–H and O–H groups in total. The summed E-state index contributed by atoms with van der Waals surface area (Å²) in [5, 5.41) is 4.18. The highest BCUT2D eigenvalue weighted by Crippen LogP contribution is 2.26. The maximum Gasteiger partial charge on any atom is 0.305 e. The number of unbranched alkanes of at least 4 members (excludes halogenated alkanes) is 1. The van der Waals surface area contributed by atoms with Crippen LogP contribution >= 0.6 is 34.8 Å². The van der Waals surface area contributed by atoms with E-state index in [0.29, 0.717) is 31.9 Å². The number of aromatic nitrogens is 1. The molecule has 0 fully saturated rings. The van der Waals surface area contributed by atoms with Gasteiger partial charge in [0.2, 0.25) is 3.79 Å². The minimum atomic E-state index is -1.59. The first-order valence-electron chi connectivity index (χ1n) is 9.86. The van der Waals surface area contributed by atoms with E-state index >= 15 is 0 Å². The summed E-state index contributed by atoms with van der Waals surface area (Å²) in [4.78, 5) is 19.0. The van der Waals surface area contributed by atoms with E-state index in [2.05, 4.69) is 27.4 Å². The number of aliphatic imine (C=N–C) groups is 1. The summed E-state index contributed by atoms with van der Waals surface area (Å²) < 4.78 is 8.55. The molecule has 0 aliphatic rings. The first-order valence-corrected chi connectivity index (χ1v) is 11.0. The Balaban J connectivity index is 1.62. The number of hydrogen-bond acceptors (Lipinski definition) is 4. The van der Waals surface area contributed by atoms with Crippen LogP contribution in [0.1, 0.15) is 31.2 Å². The average molecular weight is 490 g/mol. The van der Waals surface area contributed by atoms with Crippen LogP contribution in [0.3, 0.4) is 0 Å². The number of fused-ring (bicyclic) bond motifs is 1. The third-order valence-electron chi connectivity index (χ3n) is 4.30. The topological polar surface area (TPSA) is 102 Å². The first-order chi connectivity index (χ1) is 14.8. The Kier molecular flexibility index (Phi) is 10.3. The smallest absolute Gasteiger partial charge is 0.305 e. The summed E-state index contributed by atoms with van der Waals surface area (Å²) in [6.07, 6.45) is 8.47. The molecule has 7 nitrogen and oxygen atoms in total. The quantitative estimate of drug-likeness (QED) is 0.141. The van der Waals surface area contributed by atoms with E-state index in [1.54, 1.807) is 7.11 Å². The number of nitrogens with two attached hydrogens (primary N) is 1. The molecule has 1 aromatic heterocycles. The molecule has 0 aliphatic carbocycles. The number of ether oxygens (including phenoxy) is 2. The second-order valence-electron chi connectivity index (χ2n) is 6.77. The number of methoxy groups -OCH3 is 1. The number of hydrogen-bond donors (Lipinski definition) is 3. The number of carbonyl (C=O) groups excluding carboxylic acids is 1. The highest BCUT2D eigenvalue weighted by atomic mass is 35.6. The Morgan fingerprint density at radius 1 is 1.32 bits per heavy atom. The molecule has 0 radical (unpaired) electrons. The molecule has 170 valence electrons. The number of nitrogens with one attached hydrogen (secondary N) is 2. The Hall–Kier alpha value is -2.09. The van der Waals surface area contributed by atoms with E-state index in [1.807, 2.05) is 24.4 Å². The fourth-order valence-corrected chi connectivity index (χ4v) is 2.91. The van der Waals surface area contributed by atoms with Crippen LogP contribution < -0.4 is 15.8 Å². The van der Waals surface area contributed by atoms with Gasteiger partial charge < -0.3 is 25.5 Å². The molecule has 2 rings (SSSR count). The molecule has 1 heterocycles. The molecule has 1 aromatic carbocycles. The molecule has 0 unspecified atom stereocenters. The largest absolute Gasteiger partial charge is 0.497 e. The number of esters is 1. The number of carbonyl (C=O) groups is 1. The van der Waals surface area contributed by atoms with E-state index < -0.39 is 9.76 Å². The van der Waals surface area contributed by atoms with Gasteiger partial charge in [-0.2, -0.15) is 0 Å². The van der Waals surface area contributed by atoms with Gasteiger partial charge in [-0.3, -0.25) is 9.79 Å². The van der Waals surface area contributed by atoms with Crippen molar-refractivity contribution in [2.45, 2.75) is 29.5 Å². The zero-order valence-corrected chi connectivity index (χ0v) is 19.6. The van der Waals surface area contributed by atoms with Gasteiger partial charge in [0.05, 0.1) is 7.11 Å². The second kappa shape index (κ2) is 12.7. The molecule has 2 aromatic rings. The predicted octanol–water partition coefficient (Wildman–Crippen LogP) is 4.57. The molecule has 0 atom stereocenters. The van der Waals surface area contributed by atoms with Crippen LogP contribution in [0.15, 0.2) is 35.5 Å². The lowest BCUT2D eigenvalue weighted by Crippen LogP contribution is -2.32. The third kappa shape index (κ3) is 9.72. The normalized spacial score (nSPS) is 12.5. The van der Waals surface area contributed by atoms with Gasteiger partial charge in [0.15, 0.2) is 5.96 Å². The Labute approximate surface area is 196 Å². The molecule has 10 heteroatoms. The van der Waals surface area contributed by atoms with Crippen molar-refractivity contribution in [3.63, 3.8) is 0 Å². The Bertz CT molecular complexity index is 907. The summed E-state index contributed by atoms with van der Waals surface area (Å²) >= 11 is 16.6. The van der Waals surface area contributed by atoms with E-state index in [1.165, 1.54) is 0 Å². The summed E-state index contributed by atoms with van der Waals surface area (Å²) in [6.45, 7) is 0.929. The van der Waals surface area contributed by atoms with E-state index in [9.17, 15) is 4.79 Å². The zero-order valence-electron chi connectivity index (χ0n) is 17.3. The Morgan fingerprint density at radius 2 is 2.13 bits per heavy atom. The number of guanidine groups is 1. The lowest BCUT2D eigenvalue weighted by Gasteiger charge is -2.10. The maximum absolute atomic E-state index is 11.5. The number of nitrogens with zero attached hydrogens (tertiary/aromatic N) is 1. The first kappa shape index (κ1) is 25.2. The van der Waals surface area contributed by atoms with Gasteiger partial charge in [-0.15, -0.1) is 0 Å². The molecule has 0 amide bonds. The molecular weight excluding hydrogens is 463 g/mol. The minimum absolute atomic E-state index is 0.244. The summed E-state index contributed by atoms with van der Waals surface area (Å²) in [6, 6.07) is 5.93. The van der Waals surface area contributed by atoms with Crippen molar-refractivity contribution >= 4 is 63.7 Å². The van der Waals surface area contributed by atoms with Crippen LogP contribution in [0.4, 0.5) is 0 Å². The van der Waals surface area contributed by atoms with Gasteiger partial charge in [0.1, 0.15) is 12.4 Å². The third-order valence-corrected chi connectivity index (χ3v) is 4.63. The van der Waals surface area contributed by atoms with Gasteiger partial charge in [0.25, 0.3) is 0 Å². The van der Waals surface area contributed by atoms with Crippen LogP contribution in [0.5, 0.6) is 5.75 Å². The number of halogens is 3. The monoisotopic (exact) mass is 488 g/mol. The highest BCUT2D eigenvalue weighted by Gasteiger charge is 2.21. The van der Waals surface area contributed by atoms with E-state index in [0.717, 1.165) is 28.6 Å². The molecule has 0 saturated heterocycles. The van der Waals surface area contributed by atoms with Crippen LogP contribution in [-0.4, -0.2) is 47.5 Å². The van der Waals surface area contributed by atoms with Crippen LogP contribution in [0.2, 0.25) is 0 Å². The number of aromatic amines is 1. The fourth-order valence-electron chi connectivity index (χ4n) is 2.75. The van der Waals surface area contributed by atoms with Crippen molar-refractivity contribution in [2.24, 2.45) is 10.7 Å². The Morgan fingerprint density at radius 3 is 2.87 bits per heavy atom. The summed E-state index contributed by atoms with van der Waals surface area (Å²) in [5.74, 6) is 0.804. The van der Waals surface area contributed by atoms with Crippen molar-refractivity contribution in [1.82, 2.24) is 10.3 Å². The minimum Gasteiger partial charge on any atom is -0.497 e. The molecule has 0 bridgehead atoms. The number of rotatable bonds is 11. The predicted molar refractivity (Wildman–Crippen MR) is 128 cm³/mol. The van der Waals surface area contributed by atoms with Crippen molar-refractivity contribution in [3.8, 4) is 5.75 Å². The van der Waals surface area contributed by atoms with Crippen molar-refractivity contribution in [3.05, 3.63) is 36.0 Å². The summed E-state index contributed by atoms with van der Waals surface area (Å²) in [5.41, 5.74) is 8.02. The van der Waals surface area contributed by atoms with E-state index in [4.69, 9.17) is 50.0 Å². The summed E-state index contributed by atoms with van der Waals surface area (Å²) in [7, 11) is 1.66. The highest BCUT2D eigenvalue weighted by molar-refractivity contribution is 6.67. The molecule has 0 aliphatic heterocycles. The van der Waals surface area contributed by atoms with Gasteiger partial charge in [-0.05, 0) is 43.0 Å². The van der Waals surface area contributed by atoms with Crippen molar-refractivity contribution in [1.29, 1.82) is 0 Å². The molecular formula is C21H27Cl3N4O3. The number of alkyl halides is 3. The number of H-pyrrole nitrogens is 1. The molecule has 0 saturated carbocycles. The maximum atomic E-state index is 11.5. The second-order valence-corrected chi connectivity index (χ2v) is 9.29. The van der Waals surface area contributed by atoms with Crippen LogP contribution in [0.25, 0.3) is 17.0 Å². The van der Waals surface area contributed by atoms with Crippen molar-refractivity contribution < 1.29 is 14.3 Å². The number of benzene rings is 1. The lowest BCUT2D eigenvalue weighted by molar-refractivity contribution is -0.143. The SMILES string of the molecule is COc1ccc2[nH]cc(/C=C/CCNC(N)=NCCCCC(=O)OCC(Cl)(Cl)Cl)c2c1. The van der Waals surface area contributed by atoms with E-state index in [-0.39, 0.29) is 13.0 Å². The lowest BCUT2D eigenvalue weighted by atomic mass is 10.1. The fraction of sp³-hybridized carbons (Fsp3) is 0.429. The standard InChI is InChI=1S/C21H27Cl3N4O3/c1-30-16-8-9-18-17(12-16)15(13-28-18)6-2-4-10-26-20(25)27-11-5-3-7-19(29)31-14-21(22,23)24/h2,6,8-9,12-13,28H,3-5,7,10-11,14H2,1H3,(H3,25,26,27)/b6-2+. The van der Waals surface area contributed by atoms with Crippen molar-refractivity contribution in [2.75, 3.05) is 26.8 Å². The molecule has 31 heavy (non-hydrogen) atoms. The van der Waals surface area contributed by atoms with Gasteiger partial charge in [-0.25, -0.2) is 0 Å². The van der Waals surface area contributed by atoms with Gasteiger partial charge in [-0.1, -0.05) is 47.0 Å². The zero-order chi connectivity index (χ0) is 22.7. The van der Waals surface area contributed by atoms with Crippen LogP contribution in [0, 0.1) is 0 Å². The molecule has 0 spiro atoms.